The van der Waals surface area contributed by atoms with E-state index in [0.717, 1.165) is 23.3 Å². The van der Waals surface area contributed by atoms with Crippen LogP contribution >= 0.6 is 0 Å². The van der Waals surface area contributed by atoms with Gasteiger partial charge in [0.1, 0.15) is 18.4 Å². The average Bonchev–Trinajstić information content (AvgIpc) is 3.45. The molecule has 0 bridgehead atoms. The van der Waals surface area contributed by atoms with E-state index in [0.29, 0.717) is 29.8 Å². The molecule has 0 saturated carbocycles. The number of anilines is 1. The zero-order chi connectivity index (χ0) is 30.3. The predicted octanol–water partition coefficient (Wildman–Crippen LogP) is 7.78. The highest BCUT2D eigenvalue weighted by Gasteiger charge is 2.23. The van der Waals surface area contributed by atoms with Crippen molar-refractivity contribution in [2.24, 2.45) is 0 Å². The number of esters is 1. The first-order valence-corrected chi connectivity index (χ1v) is 14.7. The molecule has 5 aromatic rings. The van der Waals surface area contributed by atoms with Crippen molar-refractivity contribution in [2.75, 3.05) is 19.0 Å². The van der Waals surface area contributed by atoms with Gasteiger partial charge in [-0.15, -0.1) is 0 Å². The Balaban J connectivity index is 1.07. The van der Waals surface area contributed by atoms with E-state index in [4.69, 9.17) is 9.47 Å². The normalized spacial score (nSPS) is 12.3. The molecule has 1 N–H and O–H groups in total. The molecule has 0 spiro atoms. The highest BCUT2D eigenvalue weighted by Crippen LogP contribution is 2.36. The summed E-state index contributed by atoms with van der Waals surface area (Å²) in [6.45, 7) is 0.440. The number of ether oxygens (including phenoxy) is 2. The quantitative estimate of drug-likeness (QED) is 0.125. The number of carbonyl (C=O) groups excluding carboxylic acids is 2. The van der Waals surface area contributed by atoms with E-state index in [1.807, 2.05) is 60.7 Å². The Morgan fingerprint density at radius 2 is 1.52 bits per heavy atom. The zero-order valence-electron chi connectivity index (χ0n) is 24.5. The second-order valence-corrected chi connectivity index (χ2v) is 10.8. The van der Waals surface area contributed by atoms with Gasteiger partial charge in [-0.1, -0.05) is 103 Å². The first kappa shape index (κ1) is 28.7. The fourth-order valence-corrected chi connectivity index (χ4v) is 5.63. The van der Waals surface area contributed by atoms with Crippen molar-refractivity contribution in [3.05, 3.63) is 161 Å². The molecule has 0 amide bonds. The number of benzene rings is 5. The first-order valence-electron chi connectivity index (χ1n) is 14.7. The van der Waals surface area contributed by atoms with Crippen LogP contribution in [0, 0.1) is 0 Å². The smallest absolute Gasteiger partial charge is 0.328 e. The van der Waals surface area contributed by atoms with Crippen LogP contribution in [0.25, 0.3) is 17.2 Å². The van der Waals surface area contributed by atoms with Crippen molar-refractivity contribution in [1.82, 2.24) is 0 Å². The Labute approximate surface area is 257 Å². The lowest BCUT2D eigenvalue weighted by Gasteiger charge is -2.20. The standard InChI is InChI=1S/C39H33NO4/c1-43-39(42)37(40-36-16-8-7-15-35(36)38(41)29-11-3-2-4-12-29)25-28-17-20-32(21-18-28)44-23-9-10-27-19-22-34-31(24-27)26-30-13-5-6-14-33(30)34/h2-22,24,37,40H,23,25-26H2,1H3. The van der Waals surface area contributed by atoms with E-state index in [9.17, 15) is 9.59 Å². The molecular formula is C39H33NO4. The lowest BCUT2D eigenvalue weighted by atomic mass is 10.00. The van der Waals surface area contributed by atoms with Crippen LogP contribution in [0.1, 0.15) is 38.2 Å². The summed E-state index contributed by atoms with van der Waals surface area (Å²) in [5, 5.41) is 3.25. The van der Waals surface area contributed by atoms with Gasteiger partial charge in [0.05, 0.1) is 7.11 Å². The molecule has 5 aromatic carbocycles. The summed E-state index contributed by atoms with van der Waals surface area (Å²) in [5.74, 6) is 0.214. The minimum Gasteiger partial charge on any atom is -0.490 e. The summed E-state index contributed by atoms with van der Waals surface area (Å²) < 4.78 is 11.0. The Kier molecular flexibility index (Phi) is 8.65. The van der Waals surface area contributed by atoms with Gasteiger partial charge in [0.15, 0.2) is 5.78 Å². The molecular weight excluding hydrogens is 546 g/mol. The summed E-state index contributed by atoms with van der Waals surface area (Å²) in [7, 11) is 1.37. The van der Waals surface area contributed by atoms with E-state index in [1.165, 1.54) is 29.4 Å². The van der Waals surface area contributed by atoms with E-state index in [-0.39, 0.29) is 5.78 Å². The van der Waals surface area contributed by atoms with E-state index in [2.05, 4.69) is 53.9 Å². The molecule has 5 nitrogen and oxygen atoms in total. The van der Waals surface area contributed by atoms with Crippen molar-refractivity contribution in [2.45, 2.75) is 18.9 Å². The van der Waals surface area contributed by atoms with Crippen LogP contribution in [0.3, 0.4) is 0 Å². The average molecular weight is 580 g/mol. The monoisotopic (exact) mass is 579 g/mol. The predicted molar refractivity (Wildman–Crippen MR) is 175 cm³/mol. The van der Waals surface area contributed by atoms with Gasteiger partial charge in [-0.05, 0) is 70.1 Å². The Morgan fingerprint density at radius 1 is 0.795 bits per heavy atom. The fraction of sp³-hybridized carbons (Fsp3) is 0.128. The largest absolute Gasteiger partial charge is 0.490 e. The Hall–Kier alpha value is -5.42. The van der Waals surface area contributed by atoms with Crippen LogP contribution in [0.4, 0.5) is 5.69 Å². The van der Waals surface area contributed by atoms with Gasteiger partial charge in [0.25, 0.3) is 0 Å². The number of carbonyl (C=O) groups is 2. The van der Waals surface area contributed by atoms with E-state index < -0.39 is 12.0 Å². The van der Waals surface area contributed by atoms with Gasteiger partial charge >= 0.3 is 5.97 Å². The number of para-hydroxylation sites is 1. The Morgan fingerprint density at radius 3 is 2.34 bits per heavy atom. The van der Waals surface area contributed by atoms with Gasteiger partial charge < -0.3 is 14.8 Å². The van der Waals surface area contributed by atoms with E-state index >= 15 is 0 Å². The maximum Gasteiger partial charge on any atom is 0.328 e. The third kappa shape index (κ3) is 6.47. The molecule has 6 rings (SSSR count). The van der Waals surface area contributed by atoms with Gasteiger partial charge in [0.2, 0.25) is 0 Å². The maximum atomic E-state index is 13.2. The van der Waals surface area contributed by atoms with Crippen molar-refractivity contribution < 1.29 is 19.1 Å². The molecule has 0 heterocycles. The molecule has 0 saturated heterocycles. The lowest BCUT2D eigenvalue weighted by molar-refractivity contribution is -0.141. The molecule has 1 aliphatic rings. The first-order chi connectivity index (χ1) is 21.6. The molecule has 0 fully saturated rings. The highest BCUT2D eigenvalue weighted by molar-refractivity contribution is 6.12. The number of ketones is 1. The number of rotatable bonds is 11. The van der Waals surface area contributed by atoms with Crippen molar-refractivity contribution in [1.29, 1.82) is 0 Å². The molecule has 218 valence electrons. The number of methoxy groups -OCH3 is 1. The summed E-state index contributed by atoms with van der Waals surface area (Å²) in [4.78, 5) is 25.9. The second kappa shape index (κ2) is 13.3. The molecule has 1 unspecified atom stereocenters. The van der Waals surface area contributed by atoms with Crippen LogP contribution in [-0.4, -0.2) is 31.5 Å². The summed E-state index contributed by atoms with van der Waals surface area (Å²) >= 11 is 0. The van der Waals surface area contributed by atoms with Crippen LogP contribution in [0.5, 0.6) is 5.75 Å². The van der Waals surface area contributed by atoms with Crippen LogP contribution in [0.2, 0.25) is 0 Å². The van der Waals surface area contributed by atoms with Crippen molar-refractivity contribution >= 4 is 23.5 Å². The SMILES string of the molecule is COC(=O)C(Cc1ccc(OCC=Cc2ccc3c(c2)Cc2ccccc2-3)cc1)Nc1ccccc1C(=O)c1ccccc1. The molecule has 1 aliphatic carbocycles. The van der Waals surface area contributed by atoms with Crippen LogP contribution in [-0.2, 0) is 22.4 Å². The lowest BCUT2D eigenvalue weighted by Crippen LogP contribution is -2.33. The fourth-order valence-electron chi connectivity index (χ4n) is 5.63. The molecule has 0 aliphatic heterocycles. The number of hydrogen-bond donors (Lipinski definition) is 1. The minimum atomic E-state index is -0.681. The van der Waals surface area contributed by atoms with E-state index in [1.54, 1.807) is 24.3 Å². The second-order valence-electron chi connectivity index (χ2n) is 10.8. The minimum absolute atomic E-state index is 0.116. The maximum absolute atomic E-state index is 13.2. The van der Waals surface area contributed by atoms with Crippen molar-refractivity contribution in [3.8, 4) is 16.9 Å². The molecule has 0 aromatic heterocycles. The highest BCUT2D eigenvalue weighted by atomic mass is 16.5. The van der Waals surface area contributed by atoms with Crippen LogP contribution < -0.4 is 10.1 Å². The summed E-state index contributed by atoms with van der Waals surface area (Å²) in [6.07, 6.45) is 5.46. The third-order valence-corrected chi connectivity index (χ3v) is 7.86. The Bertz CT molecular complexity index is 1810. The molecule has 1 atom stereocenters. The third-order valence-electron chi connectivity index (χ3n) is 7.86. The molecule has 44 heavy (non-hydrogen) atoms. The van der Waals surface area contributed by atoms with Gasteiger partial charge in [-0.3, -0.25) is 4.79 Å². The summed E-state index contributed by atoms with van der Waals surface area (Å²) in [6, 6.07) is 38.5. The molecule has 0 radical (unpaired) electrons. The number of hydrogen-bond acceptors (Lipinski definition) is 5. The van der Waals surface area contributed by atoms with Gasteiger partial charge in [0, 0.05) is 23.2 Å². The topological polar surface area (TPSA) is 64.6 Å². The van der Waals surface area contributed by atoms with Gasteiger partial charge in [-0.2, -0.15) is 0 Å². The van der Waals surface area contributed by atoms with Gasteiger partial charge in [-0.25, -0.2) is 4.79 Å². The summed E-state index contributed by atoms with van der Waals surface area (Å²) in [5.41, 5.74) is 9.14. The molecule has 5 heteroatoms. The number of nitrogens with one attached hydrogen (secondary N) is 1. The van der Waals surface area contributed by atoms with Crippen molar-refractivity contribution in [3.63, 3.8) is 0 Å². The zero-order valence-corrected chi connectivity index (χ0v) is 24.5. The number of fused-ring (bicyclic) bond motifs is 3. The van der Waals surface area contributed by atoms with Crippen LogP contribution in [0.15, 0.2) is 127 Å².